The van der Waals surface area contributed by atoms with E-state index in [1.807, 2.05) is 13.8 Å². The third-order valence-electron chi connectivity index (χ3n) is 1.40. The topological polar surface area (TPSA) is 29.5 Å². The fourth-order valence-corrected chi connectivity index (χ4v) is 1.03. The first-order valence-electron chi connectivity index (χ1n) is 3.30. The van der Waals surface area contributed by atoms with Gasteiger partial charge in [0.1, 0.15) is 0 Å². The van der Waals surface area contributed by atoms with Gasteiger partial charge < -0.3 is 9.84 Å². The van der Waals surface area contributed by atoms with Crippen molar-refractivity contribution < 1.29 is 9.84 Å². The molecule has 0 rings (SSSR count). The molecule has 0 bridgehead atoms. The molecule has 0 aromatic rings. The number of aliphatic hydroxyl groups excluding tert-OH is 1. The number of methoxy groups -OCH3 is 1. The van der Waals surface area contributed by atoms with Gasteiger partial charge in [0, 0.05) is 7.11 Å². The molecule has 0 fully saturated rings. The zero-order chi connectivity index (χ0) is 7.44. The van der Waals surface area contributed by atoms with Gasteiger partial charge in [0.15, 0.2) is 0 Å². The van der Waals surface area contributed by atoms with Gasteiger partial charge >= 0.3 is 0 Å². The average Bonchev–Trinajstić information content (AvgIpc) is 1.64. The van der Waals surface area contributed by atoms with Crippen molar-refractivity contribution in [3.8, 4) is 0 Å². The molecule has 56 valence electrons. The van der Waals surface area contributed by atoms with E-state index in [-0.39, 0.29) is 12.2 Å². The van der Waals surface area contributed by atoms with Gasteiger partial charge in [-0.2, -0.15) is 0 Å². The van der Waals surface area contributed by atoms with Crippen molar-refractivity contribution in [1.82, 2.24) is 0 Å². The van der Waals surface area contributed by atoms with Crippen LogP contribution in [-0.4, -0.2) is 24.4 Å². The van der Waals surface area contributed by atoms with Crippen molar-refractivity contribution in [2.75, 3.05) is 7.11 Å². The summed E-state index contributed by atoms with van der Waals surface area (Å²) in [6, 6.07) is 0. The highest BCUT2D eigenvalue weighted by molar-refractivity contribution is 4.66. The molecule has 2 nitrogen and oxygen atoms in total. The van der Waals surface area contributed by atoms with E-state index < -0.39 is 0 Å². The summed E-state index contributed by atoms with van der Waals surface area (Å²) in [6.07, 6.45) is -0.389. The Kier molecular flexibility index (Phi) is 3.82. The van der Waals surface area contributed by atoms with Gasteiger partial charge in [-0.05, 0) is 12.8 Å². The Morgan fingerprint density at radius 1 is 1.22 bits per heavy atom. The minimum atomic E-state index is -0.366. The molecule has 0 aliphatic rings. The summed E-state index contributed by atoms with van der Waals surface area (Å²) >= 11 is 0. The normalized spacial score (nSPS) is 18.0. The van der Waals surface area contributed by atoms with Crippen LogP contribution in [0.15, 0.2) is 0 Å². The Balaban J connectivity index is 3.68. The molecule has 0 aromatic carbocycles. The molecule has 0 aromatic heterocycles. The average molecular weight is 132 g/mol. The van der Waals surface area contributed by atoms with Crippen molar-refractivity contribution in [2.24, 2.45) is 5.92 Å². The van der Waals surface area contributed by atoms with Crippen LogP contribution >= 0.6 is 0 Å². The summed E-state index contributed by atoms with van der Waals surface area (Å²) in [4.78, 5) is 0. The van der Waals surface area contributed by atoms with Gasteiger partial charge in [-0.25, -0.2) is 0 Å². The molecule has 0 heterocycles. The van der Waals surface area contributed by atoms with Crippen molar-refractivity contribution in [1.29, 1.82) is 0 Å². The molecule has 0 saturated carbocycles. The predicted molar refractivity (Wildman–Crippen MR) is 37.3 cm³/mol. The molecule has 2 heteroatoms. The van der Waals surface area contributed by atoms with E-state index in [0.29, 0.717) is 5.92 Å². The fourth-order valence-electron chi connectivity index (χ4n) is 1.03. The number of ether oxygens (including phenoxy) is 1. The smallest absolute Gasteiger partial charge is 0.0850 e. The second kappa shape index (κ2) is 3.85. The second-order valence-electron chi connectivity index (χ2n) is 2.68. The predicted octanol–water partition coefficient (Wildman–Crippen LogP) is 1.04. The summed E-state index contributed by atoms with van der Waals surface area (Å²) < 4.78 is 5.02. The first kappa shape index (κ1) is 8.92. The Morgan fingerprint density at radius 3 is 1.67 bits per heavy atom. The summed E-state index contributed by atoms with van der Waals surface area (Å²) in [5, 5.41) is 9.06. The van der Waals surface area contributed by atoms with Crippen LogP contribution < -0.4 is 0 Å². The van der Waals surface area contributed by atoms with Crippen LogP contribution in [0.1, 0.15) is 20.8 Å². The van der Waals surface area contributed by atoms with Crippen molar-refractivity contribution in [3.05, 3.63) is 0 Å². The minimum Gasteiger partial charge on any atom is -0.391 e. The fraction of sp³-hybridized carbons (Fsp3) is 1.00. The molecule has 0 aliphatic heterocycles. The van der Waals surface area contributed by atoms with Crippen molar-refractivity contribution in [2.45, 2.75) is 33.0 Å². The standard InChI is InChI=1S/C7H16O2/c1-5(2)7(9-4)6(3)8/h5-8H,1-4H3/t6-,7-/m1/s1. The summed E-state index contributed by atoms with van der Waals surface area (Å²) in [6.45, 7) is 5.80. The molecule has 1 N–H and O–H groups in total. The lowest BCUT2D eigenvalue weighted by atomic mass is 10.0. The lowest BCUT2D eigenvalue weighted by molar-refractivity contribution is -0.0285. The van der Waals surface area contributed by atoms with Crippen LogP contribution in [0.5, 0.6) is 0 Å². The molecule has 2 atom stereocenters. The summed E-state index contributed by atoms with van der Waals surface area (Å²) in [7, 11) is 1.62. The van der Waals surface area contributed by atoms with E-state index >= 15 is 0 Å². The second-order valence-corrected chi connectivity index (χ2v) is 2.68. The number of aliphatic hydroxyl groups is 1. The zero-order valence-corrected chi connectivity index (χ0v) is 6.59. The van der Waals surface area contributed by atoms with E-state index in [1.165, 1.54) is 0 Å². The van der Waals surface area contributed by atoms with Gasteiger partial charge in [-0.15, -0.1) is 0 Å². The molecule has 0 radical (unpaired) electrons. The first-order chi connectivity index (χ1) is 4.09. The maximum absolute atomic E-state index is 9.06. The van der Waals surface area contributed by atoms with Crippen LogP contribution in [-0.2, 0) is 4.74 Å². The zero-order valence-electron chi connectivity index (χ0n) is 6.59. The Morgan fingerprint density at radius 2 is 1.67 bits per heavy atom. The van der Waals surface area contributed by atoms with E-state index in [0.717, 1.165) is 0 Å². The lowest BCUT2D eigenvalue weighted by Gasteiger charge is -2.21. The highest BCUT2D eigenvalue weighted by Gasteiger charge is 2.16. The highest BCUT2D eigenvalue weighted by atomic mass is 16.5. The Hall–Kier alpha value is -0.0800. The molecular formula is C7H16O2. The summed E-state index contributed by atoms with van der Waals surface area (Å²) in [5.41, 5.74) is 0. The Labute approximate surface area is 56.8 Å². The van der Waals surface area contributed by atoms with E-state index in [1.54, 1.807) is 14.0 Å². The third kappa shape index (κ3) is 2.82. The molecular weight excluding hydrogens is 116 g/mol. The van der Waals surface area contributed by atoms with Crippen LogP contribution in [0.25, 0.3) is 0 Å². The van der Waals surface area contributed by atoms with Crippen LogP contribution in [0, 0.1) is 5.92 Å². The van der Waals surface area contributed by atoms with Gasteiger partial charge in [-0.1, -0.05) is 13.8 Å². The quantitative estimate of drug-likeness (QED) is 0.621. The number of hydrogen-bond donors (Lipinski definition) is 1. The van der Waals surface area contributed by atoms with Crippen molar-refractivity contribution >= 4 is 0 Å². The number of rotatable bonds is 3. The molecule has 0 spiro atoms. The maximum Gasteiger partial charge on any atom is 0.0850 e. The minimum absolute atomic E-state index is 0.0231. The largest absolute Gasteiger partial charge is 0.391 e. The lowest BCUT2D eigenvalue weighted by Crippen LogP contribution is -2.30. The van der Waals surface area contributed by atoms with Gasteiger partial charge in [0.05, 0.1) is 12.2 Å². The highest BCUT2D eigenvalue weighted by Crippen LogP contribution is 2.08. The van der Waals surface area contributed by atoms with E-state index in [9.17, 15) is 0 Å². The van der Waals surface area contributed by atoms with Crippen LogP contribution in [0.4, 0.5) is 0 Å². The van der Waals surface area contributed by atoms with Gasteiger partial charge in [0.25, 0.3) is 0 Å². The van der Waals surface area contributed by atoms with E-state index in [2.05, 4.69) is 0 Å². The van der Waals surface area contributed by atoms with Crippen LogP contribution in [0.2, 0.25) is 0 Å². The van der Waals surface area contributed by atoms with E-state index in [4.69, 9.17) is 9.84 Å². The first-order valence-corrected chi connectivity index (χ1v) is 3.30. The van der Waals surface area contributed by atoms with Crippen LogP contribution in [0.3, 0.4) is 0 Å². The van der Waals surface area contributed by atoms with Gasteiger partial charge in [0.2, 0.25) is 0 Å². The molecule has 9 heavy (non-hydrogen) atoms. The monoisotopic (exact) mass is 132 g/mol. The summed E-state index contributed by atoms with van der Waals surface area (Å²) in [5.74, 6) is 0.384. The Bertz CT molecular complexity index is 61.3. The molecule has 0 unspecified atom stereocenters. The molecule has 0 amide bonds. The molecule has 0 aliphatic carbocycles. The number of hydrogen-bond acceptors (Lipinski definition) is 2. The molecule has 0 saturated heterocycles. The van der Waals surface area contributed by atoms with Gasteiger partial charge in [-0.3, -0.25) is 0 Å². The third-order valence-corrected chi connectivity index (χ3v) is 1.40. The SMILES string of the molecule is CO[C@H](C(C)C)[C@@H](C)O. The maximum atomic E-state index is 9.06. The van der Waals surface area contributed by atoms with Crippen molar-refractivity contribution in [3.63, 3.8) is 0 Å².